The van der Waals surface area contributed by atoms with E-state index in [4.69, 9.17) is 0 Å². The van der Waals surface area contributed by atoms with Crippen molar-refractivity contribution in [2.24, 2.45) is 0 Å². The lowest BCUT2D eigenvalue weighted by Gasteiger charge is -2.14. The van der Waals surface area contributed by atoms with Crippen LogP contribution < -0.4 is 4.72 Å². The van der Waals surface area contributed by atoms with Gasteiger partial charge >= 0.3 is 6.03 Å². The van der Waals surface area contributed by atoms with Gasteiger partial charge in [-0.15, -0.1) is 0 Å². The van der Waals surface area contributed by atoms with E-state index in [2.05, 4.69) is 16.6 Å². The van der Waals surface area contributed by atoms with Crippen molar-refractivity contribution >= 4 is 16.1 Å². The van der Waals surface area contributed by atoms with Crippen molar-refractivity contribution in [3.05, 3.63) is 82.9 Å². The molecule has 1 amide bonds. The molecule has 7 heteroatoms. The first-order valence-corrected chi connectivity index (χ1v) is 10.4. The number of hydrogen-bond donors (Lipinski definition) is 1. The lowest BCUT2D eigenvalue weighted by Crippen LogP contribution is -2.33. The number of nitrogens with zero attached hydrogens (tertiary/aromatic N) is 2. The van der Waals surface area contributed by atoms with Crippen LogP contribution in [0.25, 0.3) is 0 Å². The number of imidazole rings is 1. The largest absolute Gasteiger partial charge is 0.340 e. The first kappa shape index (κ1) is 19.8. The lowest BCUT2D eigenvalue weighted by molar-refractivity contribution is 0.247. The van der Waals surface area contributed by atoms with Crippen molar-refractivity contribution in [1.29, 1.82) is 0 Å². The molecule has 0 radical (unpaired) electrons. The molecule has 2 aromatic carbocycles. The van der Waals surface area contributed by atoms with Crippen LogP contribution in [0.2, 0.25) is 0 Å². The van der Waals surface area contributed by atoms with Crippen molar-refractivity contribution in [1.82, 2.24) is 14.3 Å². The molecular formula is C21H23N3O3S. The van der Waals surface area contributed by atoms with Gasteiger partial charge in [0.1, 0.15) is 6.33 Å². The molecule has 0 fully saturated rings. The van der Waals surface area contributed by atoms with E-state index >= 15 is 0 Å². The van der Waals surface area contributed by atoms with Gasteiger partial charge in [0.25, 0.3) is 10.0 Å². The van der Waals surface area contributed by atoms with Gasteiger partial charge in [-0.25, -0.2) is 22.9 Å². The van der Waals surface area contributed by atoms with E-state index in [0.29, 0.717) is 5.69 Å². The molecule has 1 N–H and O–H groups in total. The highest BCUT2D eigenvalue weighted by Crippen LogP contribution is 2.27. The van der Waals surface area contributed by atoms with E-state index in [1.807, 2.05) is 39.0 Å². The van der Waals surface area contributed by atoms with Crippen LogP contribution in [0.3, 0.4) is 0 Å². The van der Waals surface area contributed by atoms with Crippen molar-refractivity contribution in [2.45, 2.75) is 38.5 Å². The fraction of sp³-hybridized carbons (Fsp3) is 0.238. The van der Waals surface area contributed by atoms with Crippen LogP contribution in [0.4, 0.5) is 4.79 Å². The van der Waals surface area contributed by atoms with Gasteiger partial charge in [0, 0.05) is 12.1 Å². The minimum absolute atomic E-state index is 0.0253. The minimum Gasteiger partial charge on any atom is -0.257 e. The molecule has 3 aromatic rings. The predicted octanol–water partition coefficient (Wildman–Crippen LogP) is 3.91. The standard InChI is InChI=1S/C21H23N3O3S/c1-14-8-10-18(11-9-14)28(26,27)23-21(25)24-12-20(22-13-24)17(4)19-7-5-6-15(2)16(19)3/h5-13,17H,1-4H3,(H,23,25). The molecule has 6 nitrogen and oxygen atoms in total. The molecule has 3 rings (SSSR count). The summed E-state index contributed by atoms with van der Waals surface area (Å²) in [6.45, 7) is 7.97. The molecule has 0 aliphatic heterocycles. The van der Waals surface area contributed by atoms with E-state index in [1.54, 1.807) is 18.3 Å². The number of sulfonamides is 1. The average Bonchev–Trinajstić information content (AvgIpc) is 3.14. The van der Waals surface area contributed by atoms with Gasteiger partial charge in [-0.3, -0.25) is 4.57 Å². The molecule has 1 heterocycles. The Labute approximate surface area is 165 Å². The van der Waals surface area contributed by atoms with Gasteiger partial charge in [0.05, 0.1) is 10.6 Å². The Balaban J connectivity index is 1.80. The van der Waals surface area contributed by atoms with E-state index in [1.165, 1.54) is 29.6 Å². The molecule has 0 aliphatic rings. The molecule has 0 spiro atoms. The summed E-state index contributed by atoms with van der Waals surface area (Å²) >= 11 is 0. The second kappa shape index (κ2) is 7.59. The quantitative estimate of drug-likeness (QED) is 0.724. The zero-order valence-corrected chi connectivity index (χ0v) is 17.1. The van der Waals surface area contributed by atoms with Crippen molar-refractivity contribution in [2.75, 3.05) is 0 Å². The summed E-state index contributed by atoms with van der Waals surface area (Å²) in [4.78, 5) is 16.8. The summed E-state index contributed by atoms with van der Waals surface area (Å²) in [5.74, 6) is -0.0253. The maximum atomic E-state index is 12.4. The number of carbonyl (C=O) groups excluding carboxylic acids is 1. The normalized spacial score (nSPS) is 12.6. The second-order valence-electron chi connectivity index (χ2n) is 6.94. The second-order valence-corrected chi connectivity index (χ2v) is 8.62. The third-order valence-electron chi connectivity index (χ3n) is 4.95. The fourth-order valence-electron chi connectivity index (χ4n) is 3.02. The van der Waals surface area contributed by atoms with E-state index in [9.17, 15) is 13.2 Å². The molecule has 1 unspecified atom stereocenters. The summed E-state index contributed by atoms with van der Waals surface area (Å²) in [6, 6.07) is 11.6. The fourth-order valence-corrected chi connectivity index (χ4v) is 3.97. The van der Waals surface area contributed by atoms with E-state index in [0.717, 1.165) is 15.7 Å². The number of rotatable bonds is 4. The number of aromatic nitrogens is 2. The SMILES string of the molecule is Cc1ccc(S(=O)(=O)NC(=O)n2cnc(C(C)c3cccc(C)c3C)c2)cc1. The van der Waals surface area contributed by atoms with E-state index < -0.39 is 16.1 Å². The highest BCUT2D eigenvalue weighted by Gasteiger charge is 2.20. The van der Waals surface area contributed by atoms with Gasteiger partial charge in [-0.05, 0) is 49.6 Å². The molecule has 1 aromatic heterocycles. The number of nitrogens with one attached hydrogen (secondary N) is 1. The Morgan fingerprint density at radius 3 is 2.43 bits per heavy atom. The van der Waals surface area contributed by atoms with E-state index in [-0.39, 0.29) is 10.8 Å². The lowest BCUT2D eigenvalue weighted by atomic mass is 9.92. The topological polar surface area (TPSA) is 81.1 Å². The van der Waals surface area contributed by atoms with Gasteiger partial charge < -0.3 is 0 Å². The highest BCUT2D eigenvalue weighted by atomic mass is 32.2. The van der Waals surface area contributed by atoms with Crippen molar-refractivity contribution in [3.8, 4) is 0 Å². The van der Waals surface area contributed by atoms with Crippen LogP contribution in [-0.2, 0) is 10.0 Å². The molecule has 1 atom stereocenters. The monoisotopic (exact) mass is 397 g/mol. The Bertz CT molecular complexity index is 1120. The molecule has 28 heavy (non-hydrogen) atoms. The van der Waals surface area contributed by atoms with Gasteiger partial charge in [-0.1, -0.05) is 42.8 Å². The average molecular weight is 398 g/mol. The third-order valence-corrected chi connectivity index (χ3v) is 6.28. The maximum Gasteiger partial charge on any atom is 0.340 e. The Hall–Kier alpha value is -2.93. The number of amides is 1. The van der Waals surface area contributed by atoms with Crippen LogP contribution in [0, 0.1) is 20.8 Å². The van der Waals surface area contributed by atoms with Crippen LogP contribution in [0.5, 0.6) is 0 Å². The minimum atomic E-state index is -3.95. The van der Waals surface area contributed by atoms with Crippen LogP contribution in [0.1, 0.15) is 40.8 Å². The summed E-state index contributed by atoms with van der Waals surface area (Å²) < 4.78 is 28.0. The first-order chi connectivity index (χ1) is 13.2. The molecule has 146 valence electrons. The van der Waals surface area contributed by atoms with Gasteiger partial charge in [0.2, 0.25) is 0 Å². The third kappa shape index (κ3) is 3.99. The number of carbonyl (C=O) groups is 1. The Morgan fingerprint density at radius 1 is 1.07 bits per heavy atom. The summed E-state index contributed by atoms with van der Waals surface area (Å²) in [7, 11) is -3.95. The Kier molecular flexibility index (Phi) is 5.38. The van der Waals surface area contributed by atoms with Crippen LogP contribution in [0.15, 0.2) is 59.9 Å². The highest BCUT2D eigenvalue weighted by molar-refractivity contribution is 7.90. The molecule has 0 bridgehead atoms. The zero-order valence-electron chi connectivity index (χ0n) is 16.3. The number of benzene rings is 2. The van der Waals surface area contributed by atoms with Crippen molar-refractivity contribution < 1.29 is 13.2 Å². The smallest absolute Gasteiger partial charge is 0.257 e. The van der Waals surface area contributed by atoms with Crippen LogP contribution >= 0.6 is 0 Å². The first-order valence-electron chi connectivity index (χ1n) is 8.93. The maximum absolute atomic E-state index is 12.4. The van der Waals surface area contributed by atoms with Crippen LogP contribution in [-0.4, -0.2) is 24.0 Å². The van der Waals surface area contributed by atoms with Gasteiger partial charge in [-0.2, -0.15) is 0 Å². The number of aryl methyl sites for hydroxylation is 2. The number of hydrogen-bond acceptors (Lipinski definition) is 4. The summed E-state index contributed by atoms with van der Waals surface area (Å²) in [5.41, 5.74) is 5.11. The molecule has 0 aliphatic carbocycles. The van der Waals surface area contributed by atoms with Crippen molar-refractivity contribution in [3.63, 3.8) is 0 Å². The predicted molar refractivity (Wildman–Crippen MR) is 108 cm³/mol. The molecular weight excluding hydrogens is 374 g/mol. The molecule has 0 saturated carbocycles. The summed E-state index contributed by atoms with van der Waals surface area (Å²) in [5, 5.41) is 0. The summed E-state index contributed by atoms with van der Waals surface area (Å²) in [6.07, 6.45) is 2.89. The van der Waals surface area contributed by atoms with Gasteiger partial charge in [0.15, 0.2) is 0 Å². The molecule has 0 saturated heterocycles. The Morgan fingerprint density at radius 2 is 1.75 bits per heavy atom. The zero-order chi connectivity index (χ0) is 20.5.